The first kappa shape index (κ1) is 14.1. The second kappa shape index (κ2) is 5.09. The summed E-state index contributed by atoms with van der Waals surface area (Å²) in [6.07, 6.45) is 0.865. The first-order valence-corrected chi connectivity index (χ1v) is 8.83. The first-order chi connectivity index (χ1) is 11.7. The summed E-state index contributed by atoms with van der Waals surface area (Å²) in [7, 11) is 2.11. The van der Waals surface area contributed by atoms with Crippen molar-refractivity contribution in [2.75, 3.05) is 20.4 Å². The van der Waals surface area contributed by atoms with Gasteiger partial charge in [0.1, 0.15) is 0 Å². The molecule has 2 aliphatic heterocycles. The van der Waals surface area contributed by atoms with Gasteiger partial charge in [-0.2, -0.15) is 0 Å². The highest BCUT2D eigenvalue weighted by atomic mass is 32.1. The Balaban J connectivity index is 1.80. The molecular weight excluding hydrogens is 324 g/mol. The van der Waals surface area contributed by atoms with Crippen LogP contribution in [0, 0.1) is 0 Å². The van der Waals surface area contributed by atoms with Crippen LogP contribution in [0.3, 0.4) is 0 Å². The van der Waals surface area contributed by atoms with Gasteiger partial charge in [0.2, 0.25) is 6.79 Å². The quantitative estimate of drug-likeness (QED) is 0.683. The minimum atomic E-state index is 0.0414. The summed E-state index contributed by atoms with van der Waals surface area (Å²) in [5, 5.41) is 3.03. The molecule has 0 aliphatic carbocycles. The monoisotopic (exact) mass is 340 g/mol. The molecule has 5 rings (SSSR count). The maximum Gasteiger partial charge on any atom is 0.272 e. The average molecular weight is 340 g/mol. The highest BCUT2D eigenvalue weighted by molar-refractivity contribution is 7.12. The molecule has 0 radical (unpaired) electrons. The zero-order valence-corrected chi connectivity index (χ0v) is 14.1. The van der Waals surface area contributed by atoms with E-state index in [0.717, 1.165) is 46.7 Å². The molecule has 24 heavy (non-hydrogen) atoms. The third-order valence-electron chi connectivity index (χ3n) is 4.77. The van der Waals surface area contributed by atoms with Crippen molar-refractivity contribution in [1.82, 2.24) is 9.47 Å². The topological polar surface area (TPSA) is 43.7 Å². The number of nitrogens with zero attached hydrogens (tertiary/aromatic N) is 2. The van der Waals surface area contributed by atoms with E-state index in [1.807, 2.05) is 34.2 Å². The van der Waals surface area contributed by atoms with E-state index in [1.165, 1.54) is 16.9 Å². The molecule has 1 aromatic carbocycles. The van der Waals surface area contributed by atoms with Gasteiger partial charge in [0, 0.05) is 36.7 Å². The van der Waals surface area contributed by atoms with Crippen LogP contribution in [0.15, 0.2) is 29.6 Å². The molecule has 5 nitrogen and oxygen atoms in total. The molecule has 0 saturated carbocycles. The van der Waals surface area contributed by atoms with Crippen LogP contribution in [0.1, 0.15) is 20.9 Å². The lowest BCUT2D eigenvalue weighted by Gasteiger charge is -2.23. The van der Waals surface area contributed by atoms with Crippen LogP contribution in [0.25, 0.3) is 10.9 Å². The van der Waals surface area contributed by atoms with Gasteiger partial charge in [-0.05, 0) is 30.1 Å². The summed E-state index contributed by atoms with van der Waals surface area (Å²) in [6, 6.07) is 7.76. The second-order valence-electron chi connectivity index (χ2n) is 6.25. The molecule has 2 aromatic heterocycles. The molecule has 0 saturated heterocycles. The van der Waals surface area contributed by atoms with Crippen molar-refractivity contribution in [2.45, 2.75) is 13.0 Å². The largest absolute Gasteiger partial charge is 0.454 e. The van der Waals surface area contributed by atoms with E-state index in [0.29, 0.717) is 5.75 Å². The number of ether oxygens (including phenoxy) is 2. The number of fused-ring (bicyclic) bond motifs is 4. The minimum Gasteiger partial charge on any atom is -0.454 e. The molecule has 3 aromatic rings. The third kappa shape index (κ3) is 1.93. The molecule has 6 heteroatoms. The van der Waals surface area contributed by atoms with E-state index >= 15 is 0 Å². The van der Waals surface area contributed by atoms with E-state index < -0.39 is 0 Å². The Hall–Kier alpha value is -2.31. The summed E-state index contributed by atoms with van der Waals surface area (Å²) in [6.45, 7) is 2.03. The standard InChI is InChI=1S/C18H16N2O3S/c1-19-5-4-13-12(9-19)11-7-15-16(23-10-22-15)8-14(11)20(13)18(21)17-3-2-6-24-17/h2-3,6-8H,4-5,9-10H2,1H3. The summed E-state index contributed by atoms with van der Waals surface area (Å²) >= 11 is 1.48. The van der Waals surface area contributed by atoms with Gasteiger partial charge in [0.25, 0.3) is 5.91 Å². The van der Waals surface area contributed by atoms with E-state index in [4.69, 9.17) is 9.47 Å². The predicted octanol–water partition coefficient (Wildman–Crippen LogP) is 3.11. The first-order valence-electron chi connectivity index (χ1n) is 7.95. The number of carbonyl (C=O) groups excluding carboxylic acids is 1. The van der Waals surface area contributed by atoms with Gasteiger partial charge in [0.05, 0.1) is 10.4 Å². The van der Waals surface area contributed by atoms with Crippen LogP contribution in [0.2, 0.25) is 0 Å². The Kier molecular flexibility index (Phi) is 2.98. The number of rotatable bonds is 1. The molecule has 0 atom stereocenters. The number of hydrogen-bond donors (Lipinski definition) is 0. The molecule has 0 unspecified atom stereocenters. The molecule has 4 heterocycles. The normalized spacial score (nSPS) is 16.5. The van der Waals surface area contributed by atoms with Crippen LogP contribution in [-0.4, -0.2) is 35.8 Å². The third-order valence-corrected chi connectivity index (χ3v) is 5.63. The summed E-state index contributed by atoms with van der Waals surface area (Å²) < 4.78 is 12.9. The zero-order valence-electron chi connectivity index (χ0n) is 13.2. The Morgan fingerprint density at radius 1 is 1.25 bits per heavy atom. The molecule has 0 N–H and O–H groups in total. The van der Waals surface area contributed by atoms with Crippen molar-refractivity contribution in [2.24, 2.45) is 0 Å². The number of carbonyl (C=O) groups is 1. The maximum absolute atomic E-state index is 13.1. The van der Waals surface area contributed by atoms with Crippen molar-refractivity contribution in [3.8, 4) is 11.5 Å². The lowest BCUT2D eigenvalue weighted by molar-refractivity contribution is 0.0964. The highest BCUT2D eigenvalue weighted by Gasteiger charge is 2.28. The van der Waals surface area contributed by atoms with Gasteiger partial charge in [0.15, 0.2) is 11.5 Å². The van der Waals surface area contributed by atoms with Crippen molar-refractivity contribution in [3.05, 3.63) is 45.8 Å². The molecule has 0 amide bonds. The molecular formula is C18H16N2O3S. The second-order valence-corrected chi connectivity index (χ2v) is 7.20. The van der Waals surface area contributed by atoms with Crippen molar-refractivity contribution in [1.29, 1.82) is 0 Å². The summed E-state index contributed by atoms with van der Waals surface area (Å²) in [5.74, 6) is 1.52. The number of likely N-dealkylation sites (N-methyl/N-ethyl adjacent to an activating group) is 1. The zero-order chi connectivity index (χ0) is 16.3. The van der Waals surface area contributed by atoms with Gasteiger partial charge >= 0.3 is 0 Å². The van der Waals surface area contributed by atoms with Gasteiger partial charge in [-0.3, -0.25) is 9.36 Å². The van der Waals surface area contributed by atoms with Crippen LogP contribution >= 0.6 is 11.3 Å². The van der Waals surface area contributed by atoms with Crippen LogP contribution in [-0.2, 0) is 13.0 Å². The van der Waals surface area contributed by atoms with E-state index in [1.54, 1.807) is 0 Å². The highest BCUT2D eigenvalue weighted by Crippen LogP contribution is 2.40. The SMILES string of the molecule is CN1CCc2c(c3cc4c(cc3n2C(=O)c2cccs2)OCO4)C1. The lowest BCUT2D eigenvalue weighted by Crippen LogP contribution is -2.28. The Labute approximate surface area is 143 Å². The molecule has 0 bridgehead atoms. The van der Waals surface area contributed by atoms with E-state index in [9.17, 15) is 4.79 Å². The Bertz CT molecular complexity index is 959. The van der Waals surface area contributed by atoms with Gasteiger partial charge in [-0.15, -0.1) is 11.3 Å². The maximum atomic E-state index is 13.1. The van der Waals surface area contributed by atoms with Crippen molar-refractivity contribution < 1.29 is 14.3 Å². The van der Waals surface area contributed by atoms with Crippen molar-refractivity contribution >= 4 is 28.1 Å². The van der Waals surface area contributed by atoms with Crippen LogP contribution in [0.4, 0.5) is 0 Å². The fourth-order valence-corrected chi connectivity index (χ4v) is 4.27. The molecule has 2 aliphatic rings. The van der Waals surface area contributed by atoms with Gasteiger partial charge in [-0.25, -0.2) is 0 Å². The Morgan fingerprint density at radius 3 is 2.88 bits per heavy atom. The van der Waals surface area contributed by atoms with Crippen LogP contribution in [0.5, 0.6) is 11.5 Å². The van der Waals surface area contributed by atoms with E-state index in [2.05, 4.69) is 11.9 Å². The lowest BCUT2D eigenvalue weighted by atomic mass is 10.0. The van der Waals surface area contributed by atoms with E-state index in [-0.39, 0.29) is 12.7 Å². The van der Waals surface area contributed by atoms with Crippen molar-refractivity contribution in [3.63, 3.8) is 0 Å². The molecule has 0 fully saturated rings. The van der Waals surface area contributed by atoms with Crippen LogP contribution < -0.4 is 9.47 Å². The molecule has 122 valence electrons. The number of hydrogen-bond acceptors (Lipinski definition) is 5. The predicted molar refractivity (Wildman–Crippen MR) is 92.1 cm³/mol. The fraction of sp³-hybridized carbons (Fsp3) is 0.278. The van der Waals surface area contributed by atoms with Gasteiger partial charge < -0.3 is 14.4 Å². The summed E-state index contributed by atoms with van der Waals surface area (Å²) in [5.41, 5.74) is 3.25. The fourth-order valence-electron chi connectivity index (χ4n) is 3.62. The number of benzene rings is 1. The minimum absolute atomic E-state index is 0.0414. The smallest absolute Gasteiger partial charge is 0.272 e. The van der Waals surface area contributed by atoms with Gasteiger partial charge in [-0.1, -0.05) is 6.07 Å². The Morgan fingerprint density at radius 2 is 2.08 bits per heavy atom. The molecule has 0 spiro atoms. The average Bonchev–Trinajstić information content (AvgIpc) is 3.31. The number of thiophene rings is 1. The summed E-state index contributed by atoms with van der Waals surface area (Å²) in [4.78, 5) is 16.2. The number of aromatic nitrogens is 1.